The van der Waals surface area contributed by atoms with Crippen LogP contribution in [0.25, 0.3) is 0 Å². The van der Waals surface area contributed by atoms with Gasteiger partial charge < -0.3 is 18.3 Å². The Morgan fingerprint density at radius 3 is 1.83 bits per heavy atom. The second-order valence-corrected chi connectivity index (χ2v) is 23.0. The van der Waals surface area contributed by atoms with Crippen molar-refractivity contribution >= 4 is 16.6 Å². The van der Waals surface area contributed by atoms with Gasteiger partial charge in [0.2, 0.25) is 0 Å². The van der Waals surface area contributed by atoms with Crippen LogP contribution in [0, 0.1) is 11.8 Å². The van der Waals surface area contributed by atoms with Crippen LogP contribution in [0.15, 0.2) is 24.3 Å². The maximum atomic E-state index is 7.02. The predicted molar refractivity (Wildman–Crippen MR) is 155 cm³/mol. The monoisotopic (exact) mass is 524 g/mol. The third kappa shape index (κ3) is 10.3. The Bertz CT molecular complexity index is 733. The number of hydrogen-bond acceptors (Lipinski definition) is 4. The first-order chi connectivity index (χ1) is 15.9. The van der Waals surface area contributed by atoms with Crippen molar-refractivity contribution in [1.29, 1.82) is 0 Å². The highest BCUT2D eigenvalue weighted by Crippen LogP contribution is 2.40. The third-order valence-corrected chi connectivity index (χ3v) is 17.3. The van der Waals surface area contributed by atoms with Gasteiger partial charge in [-0.15, -0.1) is 0 Å². The maximum Gasteiger partial charge on any atom is 0.192 e. The minimum Gasteiger partial charge on any atom is -0.497 e. The lowest BCUT2D eigenvalue weighted by Crippen LogP contribution is -2.48. The van der Waals surface area contributed by atoms with E-state index in [2.05, 4.69) is 93.7 Å². The van der Waals surface area contributed by atoms with Crippen LogP contribution in [0.3, 0.4) is 0 Å². The Hall–Kier alpha value is -0.666. The van der Waals surface area contributed by atoms with Crippen molar-refractivity contribution in [1.82, 2.24) is 0 Å². The summed E-state index contributed by atoms with van der Waals surface area (Å²) in [5, 5.41) is 0.433. The van der Waals surface area contributed by atoms with E-state index in [1.54, 1.807) is 7.11 Å². The van der Waals surface area contributed by atoms with Crippen LogP contribution < -0.4 is 4.74 Å². The van der Waals surface area contributed by atoms with Crippen LogP contribution in [0.1, 0.15) is 73.8 Å². The zero-order valence-electron chi connectivity index (χ0n) is 25.2. The summed E-state index contributed by atoms with van der Waals surface area (Å²) < 4.78 is 24.9. The van der Waals surface area contributed by atoms with E-state index in [1.165, 1.54) is 0 Å². The molecular formula is C29H56O4Si2. The molecule has 0 spiro atoms. The van der Waals surface area contributed by atoms with Crippen LogP contribution in [-0.4, -0.2) is 43.1 Å². The van der Waals surface area contributed by atoms with Crippen molar-refractivity contribution in [2.24, 2.45) is 11.8 Å². The highest BCUT2D eigenvalue weighted by molar-refractivity contribution is 6.74. The summed E-state index contributed by atoms with van der Waals surface area (Å²) in [6, 6.07) is 8.11. The molecule has 4 nitrogen and oxygen atoms in total. The summed E-state index contributed by atoms with van der Waals surface area (Å²) >= 11 is 0. The SMILES string of the molecule is COc1ccc(COC[C@H](C)[C@@H](O[Si](C)(C)C(C)(C)C)[C@@H](C)CCCO[Si](C)(C)C(C)(C)C)cc1. The van der Waals surface area contributed by atoms with Crippen molar-refractivity contribution in [3.05, 3.63) is 29.8 Å². The summed E-state index contributed by atoms with van der Waals surface area (Å²) in [5.74, 6) is 1.64. The molecule has 35 heavy (non-hydrogen) atoms. The van der Waals surface area contributed by atoms with Crippen molar-refractivity contribution in [2.75, 3.05) is 20.3 Å². The number of ether oxygens (including phenoxy) is 2. The van der Waals surface area contributed by atoms with Gasteiger partial charge in [0.1, 0.15) is 5.75 Å². The van der Waals surface area contributed by atoms with Gasteiger partial charge in [0.15, 0.2) is 16.6 Å². The third-order valence-electron chi connectivity index (χ3n) is 8.24. The molecular weight excluding hydrogens is 468 g/mol. The highest BCUT2D eigenvalue weighted by Gasteiger charge is 2.41. The Labute approximate surface area is 219 Å². The molecule has 0 bridgehead atoms. The topological polar surface area (TPSA) is 36.9 Å². The number of hydrogen-bond donors (Lipinski definition) is 0. The van der Waals surface area contributed by atoms with E-state index in [9.17, 15) is 0 Å². The van der Waals surface area contributed by atoms with Crippen LogP contribution in [0.4, 0.5) is 0 Å². The van der Waals surface area contributed by atoms with E-state index >= 15 is 0 Å². The summed E-state index contributed by atoms with van der Waals surface area (Å²) in [7, 11) is -1.91. The first-order valence-corrected chi connectivity index (χ1v) is 19.3. The lowest BCUT2D eigenvalue weighted by atomic mass is 9.90. The largest absolute Gasteiger partial charge is 0.497 e. The molecule has 204 valence electrons. The molecule has 0 saturated carbocycles. The van der Waals surface area contributed by atoms with Crippen LogP contribution >= 0.6 is 0 Å². The quantitative estimate of drug-likeness (QED) is 0.180. The van der Waals surface area contributed by atoms with Gasteiger partial charge in [-0.05, 0) is 72.7 Å². The number of rotatable bonds is 14. The molecule has 6 heteroatoms. The van der Waals surface area contributed by atoms with Gasteiger partial charge in [0.25, 0.3) is 0 Å². The zero-order valence-corrected chi connectivity index (χ0v) is 27.2. The molecule has 0 aliphatic heterocycles. The molecule has 1 aromatic carbocycles. The lowest BCUT2D eigenvalue weighted by Gasteiger charge is -2.43. The molecule has 0 unspecified atom stereocenters. The van der Waals surface area contributed by atoms with Crippen molar-refractivity contribution in [3.8, 4) is 5.75 Å². The first kappa shape index (κ1) is 32.4. The molecule has 0 N–H and O–H groups in total. The van der Waals surface area contributed by atoms with Gasteiger partial charge in [-0.1, -0.05) is 67.5 Å². The standard InChI is InChI=1S/C29H56O4Si2/c1-23(15-14-20-32-34(10,11)28(3,4)5)27(33-35(12,13)29(6,7)8)24(2)21-31-22-25-16-18-26(30-9)19-17-25/h16-19,23-24,27H,14-15,20-22H2,1-13H3/t23-,24-,27-/m0/s1. The highest BCUT2D eigenvalue weighted by atomic mass is 28.4. The molecule has 0 aromatic heterocycles. The fourth-order valence-corrected chi connectivity index (χ4v) is 6.19. The van der Waals surface area contributed by atoms with Crippen LogP contribution in [0.5, 0.6) is 5.75 Å². The maximum absolute atomic E-state index is 7.02. The minimum atomic E-state index is -1.90. The lowest BCUT2D eigenvalue weighted by molar-refractivity contribution is 0.00784. The molecule has 0 aliphatic rings. The number of methoxy groups -OCH3 is 1. The van der Waals surface area contributed by atoms with E-state index in [4.69, 9.17) is 18.3 Å². The van der Waals surface area contributed by atoms with Gasteiger partial charge in [-0.3, -0.25) is 0 Å². The molecule has 0 aliphatic carbocycles. The second kappa shape index (κ2) is 13.2. The molecule has 0 radical (unpaired) electrons. The summed E-state index contributed by atoms with van der Waals surface area (Å²) in [5.41, 5.74) is 1.16. The van der Waals surface area contributed by atoms with Crippen LogP contribution in [0.2, 0.25) is 36.3 Å². The smallest absolute Gasteiger partial charge is 0.192 e. The van der Waals surface area contributed by atoms with Crippen molar-refractivity contribution < 1.29 is 18.3 Å². The molecule has 1 rings (SSSR count). The van der Waals surface area contributed by atoms with Gasteiger partial charge >= 0.3 is 0 Å². The van der Waals surface area contributed by atoms with Gasteiger partial charge in [-0.2, -0.15) is 0 Å². The zero-order chi connectivity index (χ0) is 27.1. The van der Waals surface area contributed by atoms with Crippen molar-refractivity contribution in [2.45, 2.75) is 117 Å². The molecule has 0 saturated heterocycles. The van der Waals surface area contributed by atoms with E-state index in [1.807, 2.05) is 12.1 Å². The van der Waals surface area contributed by atoms with Crippen molar-refractivity contribution in [3.63, 3.8) is 0 Å². The Morgan fingerprint density at radius 2 is 1.34 bits per heavy atom. The van der Waals surface area contributed by atoms with E-state index in [0.717, 1.165) is 30.8 Å². The molecule has 0 fully saturated rings. The second-order valence-electron chi connectivity index (χ2n) is 13.4. The fraction of sp³-hybridized carbons (Fsp3) is 0.793. The fourth-order valence-electron chi connectivity index (χ4n) is 3.60. The summed E-state index contributed by atoms with van der Waals surface area (Å²) in [6.45, 7) is 30.0. The minimum absolute atomic E-state index is 0.180. The van der Waals surface area contributed by atoms with E-state index < -0.39 is 16.6 Å². The molecule has 0 heterocycles. The Kier molecular flexibility index (Phi) is 12.2. The first-order valence-electron chi connectivity index (χ1n) is 13.4. The Morgan fingerprint density at radius 1 is 0.800 bits per heavy atom. The predicted octanol–water partition coefficient (Wildman–Crippen LogP) is 8.68. The molecule has 1 aromatic rings. The van der Waals surface area contributed by atoms with E-state index in [0.29, 0.717) is 25.0 Å². The summed E-state index contributed by atoms with van der Waals surface area (Å²) in [4.78, 5) is 0. The number of benzene rings is 1. The average molecular weight is 525 g/mol. The average Bonchev–Trinajstić information content (AvgIpc) is 2.73. The van der Waals surface area contributed by atoms with Gasteiger partial charge in [0.05, 0.1) is 26.4 Å². The van der Waals surface area contributed by atoms with Gasteiger partial charge in [-0.25, -0.2) is 0 Å². The normalized spacial score (nSPS) is 16.1. The molecule has 3 atom stereocenters. The van der Waals surface area contributed by atoms with E-state index in [-0.39, 0.29) is 16.2 Å². The van der Waals surface area contributed by atoms with Gasteiger partial charge in [0, 0.05) is 12.5 Å². The van der Waals surface area contributed by atoms with Crippen LogP contribution in [-0.2, 0) is 20.2 Å². The summed E-state index contributed by atoms with van der Waals surface area (Å²) in [6.07, 6.45) is 2.36. The Balaban J connectivity index is 2.77. The molecule has 0 amide bonds.